The van der Waals surface area contributed by atoms with Gasteiger partial charge in [-0.15, -0.1) is 0 Å². The van der Waals surface area contributed by atoms with Gasteiger partial charge in [-0.3, -0.25) is 0 Å². The molecule has 2 nitrogen and oxygen atoms in total. The van der Waals surface area contributed by atoms with Crippen LogP contribution in [0.5, 0.6) is 0 Å². The van der Waals surface area contributed by atoms with E-state index in [2.05, 4.69) is 39.9 Å². The quantitative estimate of drug-likeness (QED) is 0.581. The largest absolute Gasteiger partial charge is 0.410 e. The lowest BCUT2D eigenvalue weighted by Gasteiger charge is -2.38. The topological polar surface area (TPSA) is 29.5 Å². The predicted molar refractivity (Wildman–Crippen MR) is 66.5 cm³/mol. The van der Waals surface area contributed by atoms with E-state index in [1.165, 1.54) is 0 Å². The van der Waals surface area contributed by atoms with Gasteiger partial charge in [-0.25, -0.2) is 0 Å². The highest BCUT2D eigenvalue weighted by molar-refractivity contribution is 6.74. The first-order valence-electron chi connectivity index (χ1n) is 5.68. The van der Waals surface area contributed by atoms with Crippen LogP contribution in [0, 0.1) is 0 Å². The minimum atomic E-state index is -1.68. The van der Waals surface area contributed by atoms with Crippen LogP contribution in [0.2, 0.25) is 18.1 Å². The highest BCUT2D eigenvalue weighted by Gasteiger charge is 2.40. The van der Waals surface area contributed by atoms with Crippen LogP contribution in [0.3, 0.4) is 0 Å². The Bertz CT molecular complexity index is 263. The Morgan fingerprint density at radius 2 is 1.93 bits per heavy atom. The van der Waals surface area contributed by atoms with Gasteiger partial charge in [-0.05, 0) is 30.6 Å². The van der Waals surface area contributed by atoms with Crippen molar-refractivity contribution in [3.8, 4) is 0 Å². The zero-order valence-electron chi connectivity index (χ0n) is 10.8. The van der Waals surface area contributed by atoms with E-state index in [0.717, 1.165) is 12.0 Å². The fourth-order valence-electron chi connectivity index (χ4n) is 1.52. The van der Waals surface area contributed by atoms with Crippen LogP contribution in [0.4, 0.5) is 0 Å². The monoisotopic (exact) mass is 228 g/mol. The van der Waals surface area contributed by atoms with Gasteiger partial charge >= 0.3 is 0 Å². The smallest absolute Gasteiger partial charge is 0.192 e. The molecule has 0 aliphatic heterocycles. The van der Waals surface area contributed by atoms with E-state index < -0.39 is 8.32 Å². The van der Waals surface area contributed by atoms with Gasteiger partial charge in [0.25, 0.3) is 0 Å². The highest BCUT2D eigenvalue weighted by Crippen LogP contribution is 2.38. The summed E-state index contributed by atoms with van der Waals surface area (Å²) in [7, 11) is -1.68. The molecule has 15 heavy (non-hydrogen) atoms. The third-order valence-corrected chi connectivity index (χ3v) is 8.19. The molecular formula is C12H24O2Si. The molecule has 0 aromatic rings. The first-order valence-corrected chi connectivity index (χ1v) is 8.58. The lowest BCUT2D eigenvalue weighted by molar-refractivity contribution is 0.151. The van der Waals surface area contributed by atoms with Gasteiger partial charge < -0.3 is 9.53 Å². The third-order valence-electron chi connectivity index (χ3n) is 3.68. The molecule has 0 unspecified atom stereocenters. The average Bonchev–Trinajstić information content (AvgIpc) is 2.27. The molecule has 0 saturated heterocycles. The highest BCUT2D eigenvalue weighted by atomic mass is 28.4. The molecule has 0 heterocycles. The van der Waals surface area contributed by atoms with Crippen molar-refractivity contribution in [2.24, 2.45) is 0 Å². The van der Waals surface area contributed by atoms with E-state index in [1.54, 1.807) is 0 Å². The van der Waals surface area contributed by atoms with Crippen molar-refractivity contribution < 1.29 is 9.53 Å². The summed E-state index contributed by atoms with van der Waals surface area (Å²) in [6.45, 7) is 13.2. The SMILES string of the molecule is CC1=C[C@@H](O[Si](C)(C)C(C)(C)C)C[C@@H]1O. The molecule has 0 saturated carbocycles. The van der Waals surface area contributed by atoms with Crippen LogP contribution >= 0.6 is 0 Å². The number of hydrogen-bond donors (Lipinski definition) is 1. The van der Waals surface area contributed by atoms with Gasteiger partial charge in [0.1, 0.15) is 0 Å². The Morgan fingerprint density at radius 1 is 1.40 bits per heavy atom. The second-order valence-corrected chi connectivity index (χ2v) is 10.8. The normalized spacial score (nSPS) is 28.1. The zero-order valence-corrected chi connectivity index (χ0v) is 11.8. The van der Waals surface area contributed by atoms with Gasteiger partial charge in [-0.2, -0.15) is 0 Å². The van der Waals surface area contributed by atoms with Crippen LogP contribution in [-0.4, -0.2) is 25.6 Å². The molecule has 1 aliphatic carbocycles. The number of aliphatic hydroxyl groups is 1. The molecule has 1 aliphatic rings. The first-order chi connectivity index (χ1) is 6.63. The maximum absolute atomic E-state index is 9.63. The second-order valence-electron chi connectivity index (χ2n) is 6.08. The fourth-order valence-corrected chi connectivity index (χ4v) is 2.79. The summed E-state index contributed by atoms with van der Waals surface area (Å²) < 4.78 is 6.21. The third kappa shape index (κ3) is 2.92. The molecule has 3 heteroatoms. The fraction of sp³-hybridized carbons (Fsp3) is 0.833. The Balaban J connectivity index is 2.65. The number of hydrogen-bond acceptors (Lipinski definition) is 2. The molecule has 0 fully saturated rings. The van der Waals surface area contributed by atoms with Crippen molar-refractivity contribution in [3.05, 3.63) is 11.6 Å². The maximum Gasteiger partial charge on any atom is 0.192 e. The van der Waals surface area contributed by atoms with Crippen LogP contribution in [-0.2, 0) is 4.43 Å². The Hall–Kier alpha value is -0.123. The van der Waals surface area contributed by atoms with E-state index >= 15 is 0 Å². The lowest BCUT2D eigenvalue weighted by Crippen LogP contribution is -2.43. The van der Waals surface area contributed by atoms with Gasteiger partial charge in [0, 0.05) is 6.42 Å². The molecule has 88 valence electrons. The van der Waals surface area contributed by atoms with E-state index in [0.29, 0.717) is 0 Å². The van der Waals surface area contributed by atoms with Gasteiger partial charge in [0.2, 0.25) is 0 Å². The maximum atomic E-state index is 9.63. The minimum Gasteiger partial charge on any atom is -0.410 e. The zero-order chi connectivity index (χ0) is 11.9. The molecule has 2 atom stereocenters. The van der Waals surface area contributed by atoms with Crippen LogP contribution < -0.4 is 0 Å². The van der Waals surface area contributed by atoms with Crippen molar-refractivity contribution in [2.75, 3.05) is 0 Å². The van der Waals surface area contributed by atoms with E-state index in [4.69, 9.17) is 4.43 Å². The van der Waals surface area contributed by atoms with Gasteiger partial charge in [0.05, 0.1) is 12.2 Å². The van der Waals surface area contributed by atoms with Crippen molar-refractivity contribution in [2.45, 2.75) is 64.5 Å². The van der Waals surface area contributed by atoms with Gasteiger partial charge in [-0.1, -0.05) is 26.8 Å². The Kier molecular flexibility index (Phi) is 3.48. The van der Waals surface area contributed by atoms with E-state index in [9.17, 15) is 5.11 Å². The van der Waals surface area contributed by atoms with Gasteiger partial charge in [0.15, 0.2) is 8.32 Å². The lowest BCUT2D eigenvalue weighted by atomic mass is 10.2. The van der Waals surface area contributed by atoms with Crippen molar-refractivity contribution in [1.82, 2.24) is 0 Å². The van der Waals surface area contributed by atoms with Crippen molar-refractivity contribution >= 4 is 8.32 Å². The molecule has 0 amide bonds. The summed E-state index contributed by atoms with van der Waals surface area (Å²) in [6, 6.07) is 0. The van der Waals surface area contributed by atoms with Crippen LogP contribution in [0.15, 0.2) is 11.6 Å². The summed E-state index contributed by atoms with van der Waals surface area (Å²) in [5.41, 5.74) is 1.05. The van der Waals surface area contributed by atoms with Crippen LogP contribution in [0.25, 0.3) is 0 Å². The molecule has 1 rings (SSSR count). The molecule has 0 bridgehead atoms. The van der Waals surface area contributed by atoms with Crippen molar-refractivity contribution in [1.29, 1.82) is 0 Å². The summed E-state index contributed by atoms with van der Waals surface area (Å²) in [5, 5.41) is 9.87. The molecular weight excluding hydrogens is 204 g/mol. The Morgan fingerprint density at radius 3 is 2.27 bits per heavy atom. The van der Waals surface area contributed by atoms with E-state index in [1.807, 2.05) is 6.92 Å². The van der Waals surface area contributed by atoms with Crippen molar-refractivity contribution in [3.63, 3.8) is 0 Å². The average molecular weight is 228 g/mol. The predicted octanol–water partition coefficient (Wildman–Crippen LogP) is 3.09. The number of aliphatic hydroxyl groups excluding tert-OH is 1. The van der Waals surface area contributed by atoms with E-state index in [-0.39, 0.29) is 17.2 Å². The molecule has 0 aromatic carbocycles. The minimum absolute atomic E-state index is 0.126. The summed E-state index contributed by atoms with van der Waals surface area (Å²) >= 11 is 0. The Labute approximate surface area is 94.5 Å². The second kappa shape index (κ2) is 4.04. The summed E-state index contributed by atoms with van der Waals surface area (Å²) in [4.78, 5) is 0. The standard InChI is InChI=1S/C12H24O2Si/c1-9-7-10(8-11(9)13)14-15(5,6)12(2,3)4/h7,10-11,13H,8H2,1-6H3/t10-,11+/m1/s1. The molecule has 0 aromatic heterocycles. The summed E-state index contributed by atoms with van der Waals surface area (Å²) in [5.74, 6) is 0. The molecule has 1 N–H and O–H groups in total. The first kappa shape index (κ1) is 12.9. The van der Waals surface area contributed by atoms with Crippen LogP contribution in [0.1, 0.15) is 34.1 Å². The number of rotatable bonds is 2. The molecule has 0 spiro atoms. The summed E-state index contributed by atoms with van der Waals surface area (Å²) in [6.07, 6.45) is 2.64. The molecule has 0 radical (unpaired) electrons.